The van der Waals surface area contributed by atoms with Gasteiger partial charge in [0.25, 0.3) is 0 Å². The first-order chi connectivity index (χ1) is 12.2. The van der Waals surface area contributed by atoms with E-state index in [0.717, 1.165) is 26.1 Å². The van der Waals surface area contributed by atoms with E-state index in [9.17, 15) is 0 Å². The maximum atomic E-state index is 4.63. The molecule has 0 spiro atoms. The summed E-state index contributed by atoms with van der Waals surface area (Å²) in [6.07, 6.45) is 8.24. The zero-order valence-corrected chi connectivity index (χ0v) is 16.4. The van der Waals surface area contributed by atoms with Crippen LogP contribution in [0.5, 0.6) is 0 Å². The van der Waals surface area contributed by atoms with Crippen molar-refractivity contribution in [2.24, 2.45) is 0 Å². The Balaban J connectivity index is 1.69. The van der Waals surface area contributed by atoms with Crippen LogP contribution >= 0.6 is 34.4 Å². The summed E-state index contributed by atoms with van der Waals surface area (Å²) >= 11 is 5.24. The molecule has 7 heteroatoms. The minimum Gasteiger partial charge on any atom is -0.229 e. The van der Waals surface area contributed by atoms with Crippen molar-refractivity contribution in [2.75, 3.05) is 0 Å². The quantitative estimate of drug-likeness (QED) is 0.436. The van der Waals surface area contributed by atoms with Gasteiger partial charge in [0.2, 0.25) is 0 Å². The van der Waals surface area contributed by atoms with Crippen LogP contribution < -0.4 is 0 Å². The summed E-state index contributed by atoms with van der Waals surface area (Å²) in [5, 5.41) is 4.46. The zero-order valence-electron chi connectivity index (χ0n) is 14.0. The molecule has 0 radical (unpaired) electrons. The van der Waals surface area contributed by atoms with Gasteiger partial charge in [-0.3, -0.25) is 0 Å². The van der Waals surface area contributed by atoms with E-state index in [0.29, 0.717) is 0 Å². The average Bonchev–Trinajstić information content (AvgIpc) is 3.14. The fraction of sp³-hybridized carbons (Fsp3) is 0.333. The Morgan fingerprint density at radius 3 is 2.32 bits per heavy atom. The predicted octanol–water partition coefficient (Wildman–Crippen LogP) is 5.34. The minimum absolute atomic E-state index is 1.00. The largest absolute Gasteiger partial charge is 0.229 e. The Bertz CT molecular complexity index is 1110. The lowest BCUT2D eigenvalue weighted by Crippen LogP contribution is -1.99. The summed E-state index contributed by atoms with van der Waals surface area (Å²) in [5.41, 5.74) is 2.75. The van der Waals surface area contributed by atoms with Gasteiger partial charge in [0.15, 0.2) is 0 Å². The Kier molecular flexibility index (Phi) is 3.76. The molecule has 0 atom stereocenters. The molecule has 4 nitrogen and oxygen atoms in total. The SMILES string of the molecule is Cc1sc2ncnc(Sc3ncnc4sc5c(c34)CCCC5)c2c1C. The van der Waals surface area contributed by atoms with Crippen LogP contribution in [0, 0.1) is 13.8 Å². The van der Waals surface area contributed by atoms with Gasteiger partial charge < -0.3 is 0 Å². The monoisotopic (exact) mass is 384 g/mol. The number of fused-ring (bicyclic) bond motifs is 4. The van der Waals surface area contributed by atoms with Crippen molar-refractivity contribution in [3.05, 3.63) is 33.5 Å². The molecule has 4 aromatic rings. The molecule has 0 saturated heterocycles. The number of aromatic nitrogens is 4. The molecule has 0 aliphatic heterocycles. The molecule has 0 bridgehead atoms. The van der Waals surface area contributed by atoms with Gasteiger partial charge in [-0.25, -0.2) is 19.9 Å². The maximum absolute atomic E-state index is 4.63. The third kappa shape index (κ3) is 2.48. The Morgan fingerprint density at radius 2 is 1.52 bits per heavy atom. The average molecular weight is 385 g/mol. The number of hydrogen-bond donors (Lipinski definition) is 0. The first-order valence-electron chi connectivity index (χ1n) is 8.36. The van der Waals surface area contributed by atoms with Crippen molar-refractivity contribution < 1.29 is 0 Å². The van der Waals surface area contributed by atoms with Crippen LogP contribution in [0.25, 0.3) is 20.4 Å². The smallest absolute Gasteiger partial charge is 0.128 e. The highest BCUT2D eigenvalue weighted by atomic mass is 32.2. The molecule has 4 aromatic heterocycles. The summed E-state index contributed by atoms with van der Waals surface area (Å²) in [7, 11) is 0. The second-order valence-electron chi connectivity index (χ2n) is 6.31. The Labute approximate surface area is 157 Å². The molecule has 0 fully saturated rings. The van der Waals surface area contributed by atoms with E-state index < -0.39 is 0 Å². The van der Waals surface area contributed by atoms with Gasteiger partial charge in [0, 0.05) is 20.5 Å². The van der Waals surface area contributed by atoms with Gasteiger partial charge in [-0.15, -0.1) is 22.7 Å². The predicted molar refractivity (Wildman–Crippen MR) is 105 cm³/mol. The van der Waals surface area contributed by atoms with Gasteiger partial charge in [-0.1, -0.05) is 0 Å². The minimum atomic E-state index is 1.00. The van der Waals surface area contributed by atoms with Crippen LogP contribution in [0.1, 0.15) is 33.7 Å². The maximum Gasteiger partial charge on any atom is 0.128 e. The van der Waals surface area contributed by atoms with E-state index >= 15 is 0 Å². The van der Waals surface area contributed by atoms with Crippen molar-refractivity contribution in [3.63, 3.8) is 0 Å². The van der Waals surface area contributed by atoms with Crippen LogP contribution in [0.2, 0.25) is 0 Å². The molecule has 126 valence electrons. The van der Waals surface area contributed by atoms with Crippen molar-refractivity contribution in [3.8, 4) is 0 Å². The standard InChI is InChI=1S/C18H16N4S3/c1-9-10(2)23-15-13(9)16(20-7-19-15)25-18-14-11-5-3-4-6-12(11)24-17(14)21-8-22-18/h7-8H,3-6H2,1-2H3. The van der Waals surface area contributed by atoms with Gasteiger partial charge in [-0.05, 0) is 62.4 Å². The number of rotatable bonds is 2. The second-order valence-corrected chi connectivity index (χ2v) is 9.58. The van der Waals surface area contributed by atoms with Gasteiger partial charge in [0.05, 0.1) is 0 Å². The fourth-order valence-electron chi connectivity index (χ4n) is 3.46. The first kappa shape index (κ1) is 15.7. The van der Waals surface area contributed by atoms with E-state index in [-0.39, 0.29) is 0 Å². The van der Waals surface area contributed by atoms with Gasteiger partial charge in [0.1, 0.15) is 32.4 Å². The molecule has 0 unspecified atom stereocenters. The summed E-state index contributed by atoms with van der Waals surface area (Å²) in [6.45, 7) is 4.30. The zero-order chi connectivity index (χ0) is 17.0. The summed E-state index contributed by atoms with van der Waals surface area (Å²) < 4.78 is 0. The lowest BCUT2D eigenvalue weighted by atomic mass is 9.97. The second kappa shape index (κ2) is 6.00. The van der Waals surface area contributed by atoms with Crippen molar-refractivity contribution in [2.45, 2.75) is 49.6 Å². The lowest BCUT2D eigenvalue weighted by Gasteiger charge is -2.11. The van der Waals surface area contributed by atoms with E-state index in [4.69, 9.17) is 0 Å². The van der Waals surface area contributed by atoms with Gasteiger partial charge >= 0.3 is 0 Å². The van der Waals surface area contributed by atoms with E-state index in [2.05, 4.69) is 33.8 Å². The third-order valence-corrected chi connectivity index (χ3v) is 8.16. The van der Waals surface area contributed by atoms with Crippen molar-refractivity contribution in [1.29, 1.82) is 0 Å². The summed E-state index contributed by atoms with van der Waals surface area (Å²) in [4.78, 5) is 23.2. The highest BCUT2D eigenvalue weighted by molar-refractivity contribution is 7.99. The topological polar surface area (TPSA) is 51.6 Å². The first-order valence-corrected chi connectivity index (χ1v) is 10.8. The summed E-state index contributed by atoms with van der Waals surface area (Å²) in [6, 6.07) is 0. The molecule has 0 N–H and O–H groups in total. The Morgan fingerprint density at radius 1 is 0.840 bits per heavy atom. The molecular formula is C18H16N4S3. The van der Waals surface area contributed by atoms with Crippen molar-refractivity contribution >= 4 is 54.9 Å². The highest BCUT2D eigenvalue weighted by Crippen LogP contribution is 2.43. The van der Waals surface area contributed by atoms with Crippen LogP contribution in [-0.2, 0) is 12.8 Å². The Hall–Kier alpha value is -1.57. The normalized spacial score (nSPS) is 14.3. The molecule has 0 aromatic carbocycles. The van der Waals surface area contributed by atoms with Crippen LogP contribution in [0.4, 0.5) is 0 Å². The number of aryl methyl sites for hydroxylation is 4. The third-order valence-electron chi connectivity index (χ3n) is 4.84. The number of hydrogen-bond acceptors (Lipinski definition) is 7. The molecule has 25 heavy (non-hydrogen) atoms. The van der Waals surface area contributed by atoms with E-state index in [1.807, 2.05) is 11.3 Å². The molecule has 0 saturated carbocycles. The molecule has 5 rings (SSSR count). The molecular weight excluding hydrogens is 368 g/mol. The van der Waals surface area contributed by atoms with Crippen molar-refractivity contribution in [1.82, 2.24) is 19.9 Å². The lowest BCUT2D eigenvalue weighted by molar-refractivity contribution is 0.699. The molecule has 1 aliphatic rings. The molecule has 0 amide bonds. The van der Waals surface area contributed by atoms with Crippen LogP contribution in [0.3, 0.4) is 0 Å². The van der Waals surface area contributed by atoms with Gasteiger partial charge in [-0.2, -0.15) is 0 Å². The highest BCUT2D eigenvalue weighted by Gasteiger charge is 2.21. The fourth-order valence-corrected chi connectivity index (χ4v) is 6.87. The van der Waals surface area contributed by atoms with Crippen LogP contribution in [0.15, 0.2) is 22.7 Å². The van der Waals surface area contributed by atoms with Crippen LogP contribution in [-0.4, -0.2) is 19.9 Å². The molecule has 1 aliphatic carbocycles. The van der Waals surface area contributed by atoms with E-state index in [1.165, 1.54) is 50.9 Å². The number of nitrogens with zero attached hydrogens (tertiary/aromatic N) is 4. The van der Waals surface area contributed by atoms with E-state index in [1.54, 1.807) is 35.8 Å². The summed E-state index contributed by atoms with van der Waals surface area (Å²) in [5.74, 6) is 0. The number of thiophene rings is 2. The molecule has 4 heterocycles.